The van der Waals surface area contributed by atoms with Gasteiger partial charge in [0.25, 0.3) is 0 Å². The highest BCUT2D eigenvalue weighted by Gasteiger charge is 2.15. The Balaban J connectivity index is 2.01. The Morgan fingerprint density at radius 1 is 1.05 bits per heavy atom. The van der Waals surface area contributed by atoms with Crippen LogP contribution in [0.2, 0.25) is 0 Å². The van der Waals surface area contributed by atoms with Gasteiger partial charge in [0, 0.05) is 0 Å². The first kappa shape index (κ1) is 14.1. The van der Waals surface area contributed by atoms with Crippen LogP contribution in [0.5, 0.6) is 5.75 Å². The Hall–Kier alpha value is -2.33. The number of hydrogen-bond acceptors (Lipinski definition) is 4. The lowest BCUT2D eigenvalue weighted by Gasteiger charge is -2.18. The first-order chi connectivity index (χ1) is 9.79. The fraction of sp³-hybridized carbons (Fsp3) is 0.188. The van der Waals surface area contributed by atoms with Crippen molar-refractivity contribution in [2.24, 2.45) is 5.16 Å². The first-order valence-corrected chi connectivity index (χ1v) is 6.35. The van der Waals surface area contributed by atoms with E-state index in [0.29, 0.717) is 18.1 Å². The molecule has 0 aliphatic heterocycles. The zero-order chi connectivity index (χ0) is 14.2. The lowest BCUT2D eigenvalue weighted by molar-refractivity contribution is -0.0433. The SMILES string of the molecule is CC(=NO)C(OCc1ccccc1)Oc1ccccc1. The number of nitrogens with zero attached hydrogens (tertiary/aromatic N) is 1. The molecule has 0 aliphatic carbocycles. The van der Waals surface area contributed by atoms with Crippen molar-refractivity contribution < 1.29 is 14.7 Å². The van der Waals surface area contributed by atoms with Crippen molar-refractivity contribution >= 4 is 5.71 Å². The average molecular weight is 271 g/mol. The third-order valence-corrected chi connectivity index (χ3v) is 2.73. The van der Waals surface area contributed by atoms with E-state index in [-0.39, 0.29) is 0 Å². The summed E-state index contributed by atoms with van der Waals surface area (Å²) in [7, 11) is 0. The highest BCUT2D eigenvalue weighted by Crippen LogP contribution is 2.14. The summed E-state index contributed by atoms with van der Waals surface area (Å²) >= 11 is 0. The maximum Gasteiger partial charge on any atom is 0.243 e. The molecule has 0 amide bonds. The normalized spacial score (nSPS) is 12.9. The monoisotopic (exact) mass is 271 g/mol. The van der Waals surface area contributed by atoms with E-state index in [1.165, 1.54) is 0 Å². The highest BCUT2D eigenvalue weighted by atomic mass is 16.7. The minimum atomic E-state index is -0.720. The molecule has 0 fully saturated rings. The van der Waals surface area contributed by atoms with Crippen molar-refractivity contribution in [1.29, 1.82) is 0 Å². The van der Waals surface area contributed by atoms with Gasteiger partial charge in [0.1, 0.15) is 11.5 Å². The molecular formula is C16H17NO3. The molecular weight excluding hydrogens is 254 g/mol. The van der Waals surface area contributed by atoms with Gasteiger partial charge in [-0.15, -0.1) is 0 Å². The number of para-hydroxylation sites is 1. The lowest BCUT2D eigenvalue weighted by Crippen LogP contribution is -2.28. The number of rotatable bonds is 6. The quantitative estimate of drug-likeness (QED) is 0.379. The molecule has 0 aromatic heterocycles. The molecule has 104 valence electrons. The summed E-state index contributed by atoms with van der Waals surface area (Å²) < 4.78 is 11.3. The molecule has 1 N–H and O–H groups in total. The average Bonchev–Trinajstić information content (AvgIpc) is 2.52. The molecule has 0 aliphatic rings. The number of ether oxygens (including phenoxy) is 2. The molecule has 2 rings (SSSR count). The van der Waals surface area contributed by atoms with Gasteiger partial charge < -0.3 is 14.7 Å². The smallest absolute Gasteiger partial charge is 0.243 e. The van der Waals surface area contributed by atoms with Gasteiger partial charge in [0.05, 0.1) is 6.61 Å². The molecule has 0 saturated carbocycles. The van der Waals surface area contributed by atoms with Crippen LogP contribution in [0.1, 0.15) is 12.5 Å². The summed E-state index contributed by atoms with van der Waals surface area (Å²) in [5.74, 6) is 0.661. The Labute approximate surface area is 118 Å². The zero-order valence-electron chi connectivity index (χ0n) is 11.3. The maximum atomic E-state index is 8.91. The van der Waals surface area contributed by atoms with E-state index < -0.39 is 6.29 Å². The predicted octanol–water partition coefficient (Wildman–Crippen LogP) is 3.46. The van der Waals surface area contributed by atoms with E-state index in [1.807, 2.05) is 60.7 Å². The molecule has 1 unspecified atom stereocenters. The Bertz CT molecular complexity index is 540. The number of benzene rings is 2. The van der Waals surface area contributed by atoms with Gasteiger partial charge in [-0.05, 0) is 24.6 Å². The molecule has 4 heteroatoms. The second-order valence-corrected chi connectivity index (χ2v) is 4.30. The van der Waals surface area contributed by atoms with Crippen LogP contribution in [0, 0.1) is 0 Å². The minimum Gasteiger partial charge on any atom is -0.459 e. The number of hydrogen-bond donors (Lipinski definition) is 1. The fourth-order valence-corrected chi connectivity index (χ4v) is 1.66. The van der Waals surface area contributed by atoms with Crippen LogP contribution < -0.4 is 4.74 Å². The minimum absolute atomic E-state index is 0.366. The topological polar surface area (TPSA) is 51.1 Å². The highest BCUT2D eigenvalue weighted by molar-refractivity contribution is 5.84. The summed E-state index contributed by atoms with van der Waals surface area (Å²) in [6.07, 6.45) is -0.720. The lowest BCUT2D eigenvalue weighted by atomic mass is 10.2. The number of oxime groups is 1. The van der Waals surface area contributed by atoms with E-state index in [4.69, 9.17) is 14.7 Å². The summed E-state index contributed by atoms with van der Waals surface area (Å²) in [4.78, 5) is 0. The van der Waals surface area contributed by atoms with Crippen molar-refractivity contribution in [1.82, 2.24) is 0 Å². The van der Waals surface area contributed by atoms with Crippen molar-refractivity contribution in [3.63, 3.8) is 0 Å². The molecule has 0 saturated heterocycles. The van der Waals surface area contributed by atoms with E-state index in [9.17, 15) is 0 Å². The molecule has 1 atom stereocenters. The van der Waals surface area contributed by atoms with Gasteiger partial charge in [-0.1, -0.05) is 53.7 Å². The van der Waals surface area contributed by atoms with Crippen molar-refractivity contribution in [2.75, 3.05) is 0 Å². The van der Waals surface area contributed by atoms with Gasteiger partial charge in [-0.2, -0.15) is 0 Å². The Morgan fingerprint density at radius 3 is 2.25 bits per heavy atom. The third kappa shape index (κ3) is 4.10. The Kier molecular flexibility index (Phi) is 5.15. The molecule has 0 spiro atoms. The molecule has 2 aromatic rings. The molecule has 4 nitrogen and oxygen atoms in total. The first-order valence-electron chi connectivity index (χ1n) is 6.35. The fourth-order valence-electron chi connectivity index (χ4n) is 1.66. The molecule has 0 bridgehead atoms. The molecule has 20 heavy (non-hydrogen) atoms. The van der Waals surface area contributed by atoms with Crippen molar-refractivity contribution in [2.45, 2.75) is 19.8 Å². The van der Waals surface area contributed by atoms with Gasteiger partial charge in [0.15, 0.2) is 0 Å². The maximum absolute atomic E-state index is 8.91. The summed E-state index contributed by atoms with van der Waals surface area (Å²) in [5, 5.41) is 12.1. The van der Waals surface area contributed by atoms with E-state index in [1.54, 1.807) is 6.92 Å². The van der Waals surface area contributed by atoms with Crippen LogP contribution in [-0.2, 0) is 11.3 Å². The second-order valence-electron chi connectivity index (χ2n) is 4.30. The van der Waals surface area contributed by atoms with Crippen LogP contribution in [0.25, 0.3) is 0 Å². The van der Waals surface area contributed by atoms with Gasteiger partial charge >= 0.3 is 0 Å². The molecule has 2 aromatic carbocycles. The van der Waals surface area contributed by atoms with Gasteiger partial charge in [-0.25, -0.2) is 0 Å². The Morgan fingerprint density at radius 2 is 1.65 bits per heavy atom. The summed E-state index contributed by atoms with van der Waals surface area (Å²) in [5.41, 5.74) is 1.39. The summed E-state index contributed by atoms with van der Waals surface area (Å²) in [6.45, 7) is 2.03. The van der Waals surface area contributed by atoms with Gasteiger partial charge in [0.2, 0.25) is 6.29 Å². The third-order valence-electron chi connectivity index (χ3n) is 2.73. The molecule has 0 radical (unpaired) electrons. The largest absolute Gasteiger partial charge is 0.459 e. The van der Waals surface area contributed by atoms with Gasteiger partial charge in [-0.3, -0.25) is 0 Å². The zero-order valence-corrected chi connectivity index (χ0v) is 11.3. The summed E-state index contributed by atoms with van der Waals surface area (Å²) in [6, 6.07) is 19.0. The van der Waals surface area contributed by atoms with Crippen molar-refractivity contribution in [3.8, 4) is 5.75 Å². The predicted molar refractivity (Wildman–Crippen MR) is 77.0 cm³/mol. The van der Waals surface area contributed by atoms with E-state index >= 15 is 0 Å². The molecule has 0 heterocycles. The van der Waals surface area contributed by atoms with Crippen LogP contribution in [0.3, 0.4) is 0 Å². The van der Waals surface area contributed by atoms with Crippen LogP contribution in [0.4, 0.5) is 0 Å². The van der Waals surface area contributed by atoms with Crippen LogP contribution in [-0.4, -0.2) is 17.2 Å². The van der Waals surface area contributed by atoms with Crippen LogP contribution in [0.15, 0.2) is 65.8 Å². The van der Waals surface area contributed by atoms with E-state index in [2.05, 4.69) is 5.16 Å². The van der Waals surface area contributed by atoms with Crippen molar-refractivity contribution in [3.05, 3.63) is 66.2 Å². The second kappa shape index (κ2) is 7.31. The van der Waals surface area contributed by atoms with E-state index in [0.717, 1.165) is 5.56 Å². The van der Waals surface area contributed by atoms with Crippen LogP contribution >= 0.6 is 0 Å². The standard InChI is InChI=1S/C16H17NO3/c1-13(17-18)16(20-15-10-6-3-7-11-15)19-12-14-8-4-2-5-9-14/h2-11,16,18H,12H2,1H3.